The lowest BCUT2D eigenvalue weighted by Crippen LogP contribution is -2.39. The first kappa shape index (κ1) is 25.1. The Morgan fingerprint density at radius 2 is 1.75 bits per heavy atom. The second-order valence-electron chi connectivity index (χ2n) is 9.76. The number of carbonyl (C=O) groups is 2. The molecule has 0 saturated carbocycles. The number of hydrogen-bond donors (Lipinski definition) is 4. The van der Waals surface area contributed by atoms with Crippen LogP contribution in [-0.2, 0) is 12.8 Å². The zero-order chi connectivity index (χ0) is 27.8. The summed E-state index contributed by atoms with van der Waals surface area (Å²) in [5.41, 5.74) is 3.77. The van der Waals surface area contributed by atoms with Gasteiger partial charge in [-0.25, -0.2) is 4.98 Å². The zero-order valence-electron chi connectivity index (χ0n) is 21.6. The number of aromatic hydroxyl groups is 2. The van der Waals surface area contributed by atoms with Crippen molar-refractivity contribution in [1.82, 2.24) is 20.6 Å². The van der Waals surface area contributed by atoms with Gasteiger partial charge in [0.1, 0.15) is 28.7 Å². The van der Waals surface area contributed by atoms with Crippen molar-refractivity contribution in [1.29, 1.82) is 0 Å². The van der Waals surface area contributed by atoms with Crippen LogP contribution in [0.2, 0.25) is 0 Å². The minimum Gasteiger partial charge on any atom is -0.508 e. The maximum atomic E-state index is 13.7. The number of para-hydroxylation sites is 1. The van der Waals surface area contributed by atoms with E-state index in [2.05, 4.69) is 20.6 Å². The van der Waals surface area contributed by atoms with Crippen molar-refractivity contribution in [3.05, 3.63) is 95.3 Å². The normalized spacial score (nSPS) is 14.5. The summed E-state index contributed by atoms with van der Waals surface area (Å²) in [5.74, 6) is 0.174. The van der Waals surface area contributed by atoms with E-state index in [-0.39, 0.29) is 35.0 Å². The van der Waals surface area contributed by atoms with Gasteiger partial charge in [-0.05, 0) is 54.7 Å². The fourth-order valence-electron chi connectivity index (χ4n) is 5.27. The highest BCUT2D eigenvalue weighted by atomic mass is 16.5. The topological polar surface area (TPSA) is 134 Å². The predicted octanol–water partition coefficient (Wildman–Crippen LogP) is 4.63. The monoisotopic (exact) mass is 534 g/mol. The van der Waals surface area contributed by atoms with Crippen LogP contribution in [0.5, 0.6) is 23.0 Å². The molecular formula is C31H26N4O5. The number of ether oxygens (including phenoxy) is 1. The predicted molar refractivity (Wildman–Crippen MR) is 150 cm³/mol. The standard InChI is InChI=1S/C31H26N4O5/c1-32-30(38)26-16-22(10-11-33-26)40-21-9-7-17-6-8-19(12-18(17)13-21)34-31(39)28-23-4-2-3-5-24(23)35-25-14-20(36)15-27(37)29(25)28/h2-5,7,9-11,13-16,19,36-37H,6,8,12H2,1H3,(H,32,38)(H,34,39). The van der Waals surface area contributed by atoms with E-state index < -0.39 is 0 Å². The van der Waals surface area contributed by atoms with Gasteiger partial charge in [-0.1, -0.05) is 24.3 Å². The van der Waals surface area contributed by atoms with Gasteiger partial charge in [0, 0.05) is 42.9 Å². The van der Waals surface area contributed by atoms with Crippen LogP contribution in [0, 0.1) is 0 Å². The van der Waals surface area contributed by atoms with Crippen LogP contribution in [0.4, 0.5) is 0 Å². The van der Waals surface area contributed by atoms with Gasteiger partial charge in [-0.15, -0.1) is 0 Å². The Balaban J connectivity index is 1.26. The number of aryl methyl sites for hydroxylation is 1. The smallest absolute Gasteiger partial charge is 0.269 e. The average molecular weight is 535 g/mol. The molecule has 0 bridgehead atoms. The number of hydrogen-bond acceptors (Lipinski definition) is 7. The van der Waals surface area contributed by atoms with E-state index >= 15 is 0 Å². The number of pyridine rings is 2. The molecule has 9 heteroatoms. The van der Waals surface area contributed by atoms with Crippen LogP contribution in [0.1, 0.15) is 38.4 Å². The number of fused-ring (bicyclic) bond motifs is 3. The lowest BCUT2D eigenvalue weighted by Gasteiger charge is -2.26. The Morgan fingerprint density at radius 3 is 2.60 bits per heavy atom. The molecule has 1 aliphatic rings. The molecular weight excluding hydrogens is 508 g/mol. The molecule has 4 N–H and O–H groups in total. The third-order valence-corrected chi connectivity index (χ3v) is 7.14. The van der Waals surface area contributed by atoms with Gasteiger partial charge in [0.15, 0.2) is 0 Å². The molecule has 2 heterocycles. The van der Waals surface area contributed by atoms with Crippen LogP contribution in [0.3, 0.4) is 0 Å². The molecule has 0 saturated heterocycles. The minimum atomic E-state index is -0.316. The number of rotatable bonds is 5. The quantitative estimate of drug-likeness (QED) is 0.242. The van der Waals surface area contributed by atoms with Crippen LogP contribution < -0.4 is 15.4 Å². The van der Waals surface area contributed by atoms with E-state index in [1.54, 1.807) is 31.3 Å². The number of benzene rings is 3. The van der Waals surface area contributed by atoms with E-state index in [1.807, 2.05) is 30.3 Å². The number of amides is 2. The molecule has 1 unspecified atom stereocenters. The van der Waals surface area contributed by atoms with Crippen LogP contribution in [0.25, 0.3) is 21.8 Å². The number of phenols is 2. The summed E-state index contributed by atoms with van der Waals surface area (Å²) in [7, 11) is 1.55. The largest absolute Gasteiger partial charge is 0.508 e. The zero-order valence-corrected chi connectivity index (χ0v) is 21.6. The van der Waals surface area contributed by atoms with Gasteiger partial charge in [0.2, 0.25) is 0 Å². The number of aromatic nitrogens is 2. The van der Waals surface area contributed by atoms with E-state index in [1.165, 1.54) is 23.9 Å². The average Bonchev–Trinajstić information content (AvgIpc) is 2.95. The van der Waals surface area contributed by atoms with Crippen molar-refractivity contribution in [2.24, 2.45) is 0 Å². The van der Waals surface area contributed by atoms with Gasteiger partial charge in [-0.2, -0.15) is 0 Å². The highest BCUT2D eigenvalue weighted by molar-refractivity contribution is 6.18. The molecule has 5 aromatic rings. The van der Waals surface area contributed by atoms with Crippen molar-refractivity contribution in [2.45, 2.75) is 25.3 Å². The fourth-order valence-corrected chi connectivity index (χ4v) is 5.27. The van der Waals surface area contributed by atoms with Crippen LogP contribution in [-0.4, -0.2) is 45.1 Å². The van der Waals surface area contributed by atoms with Crippen molar-refractivity contribution < 1.29 is 24.5 Å². The minimum absolute atomic E-state index is 0.127. The third-order valence-electron chi connectivity index (χ3n) is 7.14. The van der Waals surface area contributed by atoms with E-state index in [4.69, 9.17) is 4.74 Å². The van der Waals surface area contributed by atoms with Crippen molar-refractivity contribution in [3.63, 3.8) is 0 Å². The Kier molecular flexibility index (Phi) is 6.39. The molecule has 0 fully saturated rings. The second kappa shape index (κ2) is 10.2. The van der Waals surface area contributed by atoms with Crippen molar-refractivity contribution >= 4 is 33.6 Å². The van der Waals surface area contributed by atoms with E-state index in [0.29, 0.717) is 45.3 Å². The third kappa shape index (κ3) is 4.73. The SMILES string of the molecule is CNC(=O)c1cc(Oc2ccc3c(c2)CC(NC(=O)c2c4ccccc4nc4cc(O)cc(O)c24)CC3)ccn1. The molecule has 6 rings (SSSR count). The molecule has 2 aromatic heterocycles. The molecule has 9 nitrogen and oxygen atoms in total. The molecule has 40 heavy (non-hydrogen) atoms. The summed E-state index contributed by atoms with van der Waals surface area (Å²) >= 11 is 0. The highest BCUT2D eigenvalue weighted by Gasteiger charge is 2.25. The highest BCUT2D eigenvalue weighted by Crippen LogP contribution is 2.36. The number of nitrogens with zero attached hydrogens (tertiary/aromatic N) is 2. The molecule has 0 radical (unpaired) electrons. The van der Waals surface area contributed by atoms with E-state index in [0.717, 1.165) is 18.4 Å². The summed E-state index contributed by atoms with van der Waals surface area (Å²) in [6.07, 6.45) is 3.67. The molecule has 1 aliphatic carbocycles. The first-order valence-corrected chi connectivity index (χ1v) is 12.9. The summed E-state index contributed by atoms with van der Waals surface area (Å²) < 4.78 is 6.02. The van der Waals surface area contributed by atoms with Crippen molar-refractivity contribution in [2.75, 3.05) is 7.05 Å². The first-order chi connectivity index (χ1) is 19.4. The molecule has 3 aromatic carbocycles. The first-order valence-electron chi connectivity index (χ1n) is 12.9. The number of carbonyl (C=O) groups excluding carboxylic acids is 2. The summed E-state index contributed by atoms with van der Waals surface area (Å²) in [5, 5.41) is 27.3. The lowest BCUT2D eigenvalue weighted by atomic mass is 9.88. The molecule has 1 atom stereocenters. The maximum absolute atomic E-state index is 13.7. The Hall–Kier alpha value is -5.18. The molecule has 2 amide bonds. The van der Waals surface area contributed by atoms with Gasteiger partial charge in [0.05, 0.1) is 22.0 Å². The van der Waals surface area contributed by atoms with Gasteiger partial charge in [0.25, 0.3) is 11.8 Å². The second-order valence-corrected chi connectivity index (χ2v) is 9.76. The molecule has 200 valence electrons. The van der Waals surface area contributed by atoms with Crippen LogP contribution in [0.15, 0.2) is 72.9 Å². The van der Waals surface area contributed by atoms with Crippen LogP contribution >= 0.6 is 0 Å². The lowest BCUT2D eigenvalue weighted by molar-refractivity contribution is 0.0934. The van der Waals surface area contributed by atoms with Gasteiger partial charge >= 0.3 is 0 Å². The summed E-state index contributed by atoms with van der Waals surface area (Å²) in [6, 6.07) is 18.9. The van der Waals surface area contributed by atoms with E-state index in [9.17, 15) is 19.8 Å². The number of phenolic OH excluding ortho intramolecular Hbond substituents is 2. The summed E-state index contributed by atoms with van der Waals surface area (Å²) in [4.78, 5) is 34.3. The molecule has 0 spiro atoms. The van der Waals surface area contributed by atoms with Crippen molar-refractivity contribution in [3.8, 4) is 23.0 Å². The maximum Gasteiger partial charge on any atom is 0.269 e. The number of nitrogens with one attached hydrogen (secondary N) is 2. The van der Waals surface area contributed by atoms with Gasteiger partial charge < -0.3 is 25.6 Å². The van der Waals surface area contributed by atoms with Gasteiger partial charge in [-0.3, -0.25) is 14.6 Å². The Morgan fingerprint density at radius 1 is 0.925 bits per heavy atom. The Labute approximate surface area is 229 Å². The molecule has 0 aliphatic heterocycles. The fraction of sp³-hybridized carbons (Fsp3) is 0.161. The summed E-state index contributed by atoms with van der Waals surface area (Å²) in [6.45, 7) is 0. The Bertz CT molecular complexity index is 1800.